The zero-order valence-corrected chi connectivity index (χ0v) is 14.6. The highest BCUT2D eigenvalue weighted by Crippen LogP contribution is 2.62. The van der Waals surface area contributed by atoms with Crippen molar-refractivity contribution in [3.63, 3.8) is 0 Å². The summed E-state index contributed by atoms with van der Waals surface area (Å²) in [5, 5.41) is 19.2. The molecular weight excluding hydrogens is 320 g/mol. The first-order valence-corrected chi connectivity index (χ1v) is 9.23. The van der Waals surface area contributed by atoms with Crippen molar-refractivity contribution in [3.05, 3.63) is 41.5 Å². The lowest BCUT2D eigenvalue weighted by molar-refractivity contribution is -0.638. The van der Waals surface area contributed by atoms with E-state index in [0.717, 1.165) is 24.8 Å². The Morgan fingerprint density at radius 2 is 2.20 bits per heavy atom. The smallest absolute Gasteiger partial charge is 0.261 e. The number of phenolic OH excluding ortho intramolecular Hbond substituents is 1. The van der Waals surface area contributed by atoms with Gasteiger partial charge in [-0.05, 0) is 44.2 Å². The van der Waals surface area contributed by atoms with Gasteiger partial charge < -0.3 is 14.9 Å². The summed E-state index contributed by atoms with van der Waals surface area (Å²) >= 11 is 0. The van der Waals surface area contributed by atoms with E-state index in [2.05, 4.69) is 13.0 Å². The SMILES string of the molecule is CC1C=C2CCCC(C2)C12OOC2(OCCCO)c1cccc(O)c1. The van der Waals surface area contributed by atoms with E-state index in [9.17, 15) is 5.11 Å². The van der Waals surface area contributed by atoms with Crippen LogP contribution in [0.2, 0.25) is 0 Å². The molecule has 2 bridgehead atoms. The Morgan fingerprint density at radius 1 is 1.32 bits per heavy atom. The fourth-order valence-corrected chi connectivity index (χ4v) is 4.87. The lowest BCUT2D eigenvalue weighted by Gasteiger charge is -2.62. The van der Waals surface area contributed by atoms with Gasteiger partial charge in [0.05, 0.1) is 6.61 Å². The van der Waals surface area contributed by atoms with E-state index in [1.54, 1.807) is 18.2 Å². The second kappa shape index (κ2) is 6.40. The van der Waals surface area contributed by atoms with Gasteiger partial charge in [0.15, 0.2) is 5.60 Å². The molecular formula is C20H26O5. The van der Waals surface area contributed by atoms with E-state index >= 15 is 0 Å². The van der Waals surface area contributed by atoms with Crippen LogP contribution in [0.5, 0.6) is 5.75 Å². The second-order valence-electron chi connectivity index (χ2n) is 7.46. The van der Waals surface area contributed by atoms with E-state index in [1.165, 1.54) is 12.0 Å². The summed E-state index contributed by atoms with van der Waals surface area (Å²) < 4.78 is 6.25. The van der Waals surface area contributed by atoms with Crippen molar-refractivity contribution < 1.29 is 24.7 Å². The number of hydrogen-bond donors (Lipinski definition) is 2. The number of ether oxygens (including phenoxy) is 1. The third-order valence-electron chi connectivity index (χ3n) is 5.97. The third kappa shape index (κ3) is 2.45. The highest BCUT2D eigenvalue weighted by atomic mass is 17.3. The van der Waals surface area contributed by atoms with Crippen LogP contribution in [0.1, 0.15) is 44.6 Å². The molecule has 2 N–H and O–H groups in total. The summed E-state index contributed by atoms with van der Waals surface area (Å²) in [7, 11) is 0. The van der Waals surface area contributed by atoms with Gasteiger partial charge in [0.2, 0.25) is 0 Å². The molecule has 1 spiro atoms. The quantitative estimate of drug-likeness (QED) is 0.486. The van der Waals surface area contributed by atoms with Gasteiger partial charge in [0.25, 0.3) is 5.79 Å². The molecule has 5 nitrogen and oxygen atoms in total. The minimum atomic E-state index is -1.05. The number of aliphatic hydroxyl groups excluding tert-OH is 1. The van der Waals surface area contributed by atoms with Crippen molar-refractivity contribution in [2.24, 2.45) is 11.8 Å². The second-order valence-corrected chi connectivity index (χ2v) is 7.46. The maximum atomic E-state index is 9.99. The number of aromatic hydroxyl groups is 1. The summed E-state index contributed by atoms with van der Waals surface area (Å²) in [6, 6.07) is 7.04. The number of aliphatic hydroxyl groups is 1. The number of benzene rings is 1. The average molecular weight is 346 g/mol. The Bertz CT molecular complexity index is 672. The van der Waals surface area contributed by atoms with Crippen LogP contribution in [0.25, 0.3) is 0 Å². The molecule has 1 saturated heterocycles. The van der Waals surface area contributed by atoms with Gasteiger partial charge in [-0.1, -0.05) is 30.7 Å². The number of rotatable bonds is 5. The van der Waals surface area contributed by atoms with E-state index in [-0.39, 0.29) is 18.3 Å². The van der Waals surface area contributed by atoms with E-state index in [4.69, 9.17) is 19.6 Å². The summed E-state index contributed by atoms with van der Waals surface area (Å²) in [5.74, 6) is -0.408. The Kier molecular flexibility index (Phi) is 4.36. The Labute approximate surface area is 148 Å². The van der Waals surface area contributed by atoms with E-state index in [0.29, 0.717) is 18.9 Å². The highest BCUT2D eigenvalue weighted by Gasteiger charge is 2.72. The van der Waals surface area contributed by atoms with Gasteiger partial charge in [0.1, 0.15) is 5.75 Å². The summed E-state index contributed by atoms with van der Waals surface area (Å²) in [6.07, 6.45) is 7.25. The molecule has 2 aliphatic carbocycles. The maximum Gasteiger partial charge on any atom is 0.261 e. The molecule has 1 aromatic carbocycles. The minimum Gasteiger partial charge on any atom is -0.508 e. The first-order chi connectivity index (χ1) is 12.1. The minimum absolute atomic E-state index is 0.0625. The molecule has 4 atom stereocenters. The molecule has 2 fully saturated rings. The summed E-state index contributed by atoms with van der Waals surface area (Å²) in [6.45, 7) is 2.59. The molecule has 4 rings (SSSR count). The van der Waals surface area contributed by atoms with Crippen molar-refractivity contribution >= 4 is 0 Å². The van der Waals surface area contributed by atoms with Crippen molar-refractivity contribution in [1.82, 2.24) is 0 Å². The Morgan fingerprint density at radius 3 is 2.92 bits per heavy atom. The molecule has 3 aliphatic rings. The van der Waals surface area contributed by atoms with Crippen LogP contribution in [-0.2, 0) is 20.3 Å². The fourth-order valence-electron chi connectivity index (χ4n) is 4.87. The Balaban J connectivity index is 1.78. The van der Waals surface area contributed by atoms with Crippen LogP contribution < -0.4 is 0 Å². The van der Waals surface area contributed by atoms with Crippen LogP contribution in [0.4, 0.5) is 0 Å². The van der Waals surface area contributed by atoms with Crippen molar-refractivity contribution in [1.29, 1.82) is 0 Å². The van der Waals surface area contributed by atoms with E-state index in [1.807, 2.05) is 6.07 Å². The van der Waals surface area contributed by atoms with Crippen molar-refractivity contribution in [2.45, 2.75) is 50.4 Å². The predicted molar refractivity (Wildman–Crippen MR) is 91.5 cm³/mol. The summed E-state index contributed by atoms with van der Waals surface area (Å²) in [4.78, 5) is 11.6. The third-order valence-corrected chi connectivity index (χ3v) is 5.97. The molecule has 25 heavy (non-hydrogen) atoms. The van der Waals surface area contributed by atoms with Gasteiger partial charge in [-0.2, -0.15) is 4.89 Å². The molecule has 0 amide bonds. The lowest BCUT2D eigenvalue weighted by atomic mass is 9.59. The van der Waals surface area contributed by atoms with E-state index < -0.39 is 11.4 Å². The molecule has 1 aromatic rings. The van der Waals surface area contributed by atoms with Gasteiger partial charge in [0, 0.05) is 24.0 Å². The molecule has 1 aliphatic heterocycles. The molecule has 0 aromatic heterocycles. The molecule has 136 valence electrons. The first-order valence-electron chi connectivity index (χ1n) is 9.23. The first kappa shape index (κ1) is 17.0. The molecule has 0 radical (unpaired) electrons. The van der Waals surface area contributed by atoms with Gasteiger partial charge in [-0.15, -0.1) is 0 Å². The average Bonchev–Trinajstić information content (AvgIpc) is 2.58. The number of allylic oxidation sites excluding steroid dienone is 1. The molecule has 4 unspecified atom stereocenters. The number of hydrogen-bond acceptors (Lipinski definition) is 5. The largest absolute Gasteiger partial charge is 0.508 e. The van der Waals surface area contributed by atoms with Crippen LogP contribution in [0.3, 0.4) is 0 Å². The normalized spacial score (nSPS) is 36.8. The zero-order chi connectivity index (χ0) is 17.5. The number of fused-ring (bicyclic) bond motifs is 3. The summed E-state index contributed by atoms with van der Waals surface area (Å²) in [5.41, 5.74) is 1.68. The molecule has 1 heterocycles. The monoisotopic (exact) mass is 346 g/mol. The van der Waals surface area contributed by atoms with Crippen molar-refractivity contribution in [3.8, 4) is 5.75 Å². The Hall–Kier alpha value is -1.40. The highest BCUT2D eigenvalue weighted by molar-refractivity contribution is 5.36. The maximum absolute atomic E-state index is 9.99. The predicted octanol–water partition coefficient (Wildman–Crippen LogP) is 3.41. The standard InChI is InChI=1S/C20H26O5/c1-14-11-15-5-2-6-16(12-15)19(14)20(25-24-19,23-10-4-9-21)17-7-3-8-18(22)13-17/h3,7-8,11,13-14,16,21-22H,2,4-6,9-10,12H2,1H3. The van der Waals surface area contributed by atoms with Crippen LogP contribution >= 0.6 is 0 Å². The fraction of sp³-hybridized carbons (Fsp3) is 0.600. The lowest BCUT2D eigenvalue weighted by Crippen LogP contribution is -2.73. The molecule has 1 saturated carbocycles. The van der Waals surface area contributed by atoms with Gasteiger partial charge in [-0.25, -0.2) is 4.89 Å². The van der Waals surface area contributed by atoms with Crippen LogP contribution in [0.15, 0.2) is 35.9 Å². The van der Waals surface area contributed by atoms with Crippen molar-refractivity contribution in [2.75, 3.05) is 13.2 Å². The molecule has 5 heteroatoms. The van der Waals surface area contributed by atoms with Gasteiger partial charge in [-0.3, -0.25) is 0 Å². The zero-order valence-electron chi connectivity index (χ0n) is 14.6. The van der Waals surface area contributed by atoms with Crippen LogP contribution in [-0.4, -0.2) is 29.0 Å². The topological polar surface area (TPSA) is 68.2 Å². The van der Waals surface area contributed by atoms with Gasteiger partial charge >= 0.3 is 0 Å². The number of phenols is 1. The van der Waals surface area contributed by atoms with Crippen LogP contribution in [0, 0.1) is 11.8 Å².